The van der Waals surface area contributed by atoms with E-state index in [1.165, 1.54) is 7.11 Å². The van der Waals surface area contributed by atoms with Crippen molar-refractivity contribution < 1.29 is 19.4 Å². The van der Waals surface area contributed by atoms with Gasteiger partial charge in [0.05, 0.1) is 19.1 Å². The van der Waals surface area contributed by atoms with Gasteiger partial charge >= 0.3 is 5.97 Å². The number of ketones is 1. The lowest BCUT2D eigenvalue weighted by Gasteiger charge is -2.26. The topological polar surface area (TPSA) is 75.6 Å². The van der Waals surface area contributed by atoms with Gasteiger partial charge in [0, 0.05) is 18.2 Å². The number of carboxylic acid groups (broad SMARTS) is 1. The van der Waals surface area contributed by atoms with Crippen molar-refractivity contribution in [3.8, 4) is 5.75 Å². The molecule has 2 N–H and O–H groups in total. The molecule has 2 rings (SSSR count). The summed E-state index contributed by atoms with van der Waals surface area (Å²) in [6.45, 7) is 0. The zero-order valence-electron chi connectivity index (χ0n) is 9.40. The van der Waals surface area contributed by atoms with Crippen LogP contribution in [0.2, 0.25) is 0 Å². The maximum atomic E-state index is 11.9. The van der Waals surface area contributed by atoms with Crippen molar-refractivity contribution in [1.82, 2.24) is 0 Å². The van der Waals surface area contributed by atoms with Gasteiger partial charge in [-0.3, -0.25) is 9.59 Å². The number of rotatable bonds is 3. The Morgan fingerprint density at radius 2 is 2.35 bits per heavy atom. The van der Waals surface area contributed by atoms with Crippen LogP contribution in [-0.2, 0) is 4.79 Å². The molecule has 0 fully saturated rings. The van der Waals surface area contributed by atoms with Crippen molar-refractivity contribution in [1.29, 1.82) is 0 Å². The standard InChI is InChI=1S/C12H13NO4/c1-17-10-4-2-3-8-12(10)9(14)5-7(13-8)6-11(15)16/h2-4,7,13H,5-6H2,1H3,(H,15,16). The summed E-state index contributed by atoms with van der Waals surface area (Å²) in [4.78, 5) is 22.6. The molecule has 0 spiro atoms. The lowest BCUT2D eigenvalue weighted by atomic mass is 9.94. The quantitative estimate of drug-likeness (QED) is 0.831. The number of hydrogen-bond acceptors (Lipinski definition) is 4. The van der Waals surface area contributed by atoms with Crippen LogP contribution >= 0.6 is 0 Å². The summed E-state index contributed by atoms with van der Waals surface area (Å²) in [5, 5.41) is 11.8. The highest BCUT2D eigenvalue weighted by molar-refractivity contribution is 6.06. The highest BCUT2D eigenvalue weighted by Gasteiger charge is 2.28. The first kappa shape index (κ1) is 11.4. The van der Waals surface area contributed by atoms with Gasteiger partial charge in [-0.1, -0.05) is 6.07 Å². The van der Waals surface area contributed by atoms with Gasteiger partial charge < -0.3 is 15.2 Å². The Labute approximate surface area is 98.4 Å². The Hall–Kier alpha value is -2.04. The second-order valence-corrected chi connectivity index (χ2v) is 3.95. The first-order chi connectivity index (χ1) is 8.11. The predicted molar refractivity (Wildman–Crippen MR) is 61.6 cm³/mol. The molecule has 0 amide bonds. The second kappa shape index (κ2) is 4.45. The molecule has 0 bridgehead atoms. The molecule has 1 unspecified atom stereocenters. The summed E-state index contributed by atoms with van der Waals surface area (Å²) in [6.07, 6.45) is 0.113. The molecule has 0 saturated carbocycles. The van der Waals surface area contributed by atoms with Gasteiger partial charge in [-0.05, 0) is 12.1 Å². The number of anilines is 1. The highest BCUT2D eigenvalue weighted by Crippen LogP contribution is 2.32. The molecule has 0 aromatic heterocycles. The Kier molecular flexibility index (Phi) is 2.99. The van der Waals surface area contributed by atoms with Crippen LogP contribution in [0.1, 0.15) is 23.2 Å². The maximum Gasteiger partial charge on any atom is 0.305 e. The molecule has 1 aliphatic rings. The van der Waals surface area contributed by atoms with Crippen molar-refractivity contribution in [3.63, 3.8) is 0 Å². The monoisotopic (exact) mass is 235 g/mol. The number of carboxylic acids is 1. The molecule has 0 radical (unpaired) electrons. The number of nitrogens with one attached hydrogen (secondary N) is 1. The van der Waals surface area contributed by atoms with Gasteiger partial charge in [0.2, 0.25) is 0 Å². The van der Waals surface area contributed by atoms with Crippen LogP contribution in [0.4, 0.5) is 5.69 Å². The maximum absolute atomic E-state index is 11.9. The Morgan fingerprint density at radius 3 is 3.00 bits per heavy atom. The summed E-state index contributed by atoms with van der Waals surface area (Å²) in [6, 6.07) is 4.89. The summed E-state index contributed by atoms with van der Waals surface area (Å²) >= 11 is 0. The zero-order valence-corrected chi connectivity index (χ0v) is 9.40. The van der Waals surface area contributed by atoms with Crippen LogP contribution in [0, 0.1) is 0 Å². The second-order valence-electron chi connectivity index (χ2n) is 3.95. The number of carbonyl (C=O) groups is 2. The molecule has 1 heterocycles. The Bertz CT molecular complexity index is 470. The molecule has 5 heteroatoms. The van der Waals surface area contributed by atoms with Gasteiger partial charge in [-0.2, -0.15) is 0 Å². The van der Waals surface area contributed by atoms with Crippen LogP contribution < -0.4 is 10.1 Å². The highest BCUT2D eigenvalue weighted by atomic mass is 16.5. The molecule has 0 aliphatic carbocycles. The minimum atomic E-state index is -0.915. The van der Waals surface area contributed by atoms with Crippen LogP contribution in [0.25, 0.3) is 0 Å². The Morgan fingerprint density at radius 1 is 1.59 bits per heavy atom. The molecule has 5 nitrogen and oxygen atoms in total. The molecule has 1 aromatic carbocycles. The third-order valence-corrected chi connectivity index (χ3v) is 2.74. The van der Waals surface area contributed by atoms with Gasteiger partial charge in [0.25, 0.3) is 0 Å². The van der Waals surface area contributed by atoms with Crippen LogP contribution in [0.15, 0.2) is 18.2 Å². The molecular formula is C12H13NO4. The van der Waals surface area contributed by atoms with E-state index in [0.29, 0.717) is 17.0 Å². The first-order valence-corrected chi connectivity index (χ1v) is 5.30. The van der Waals surface area contributed by atoms with E-state index in [0.717, 1.165) is 0 Å². The minimum absolute atomic E-state index is 0.0671. The number of carbonyl (C=O) groups excluding carboxylic acids is 1. The summed E-state index contributed by atoms with van der Waals surface area (Å²) in [7, 11) is 1.51. The molecular weight excluding hydrogens is 222 g/mol. The van der Waals surface area contributed by atoms with Crippen LogP contribution in [0.5, 0.6) is 5.75 Å². The van der Waals surface area contributed by atoms with Crippen molar-refractivity contribution in [3.05, 3.63) is 23.8 Å². The summed E-state index contributed by atoms with van der Waals surface area (Å²) in [5.74, 6) is -0.474. The van der Waals surface area contributed by atoms with E-state index in [1.807, 2.05) is 0 Å². The number of hydrogen-bond donors (Lipinski definition) is 2. The van der Waals surface area contributed by atoms with Crippen LogP contribution in [-0.4, -0.2) is 30.0 Å². The van der Waals surface area contributed by atoms with Gasteiger partial charge in [-0.25, -0.2) is 0 Å². The van der Waals surface area contributed by atoms with Crippen LogP contribution in [0.3, 0.4) is 0 Å². The molecule has 90 valence electrons. The minimum Gasteiger partial charge on any atom is -0.496 e. The predicted octanol–water partition coefficient (Wildman–Crippen LogP) is 1.54. The number of methoxy groups -OCH3 is 1. The summed E-state index contributed by atoms with van der Waals surface area (Å²) in [5.41, 5.74) is 1.16. The fourth-order valence-electron chi connectivity index (χ4n) is 2.04. The number of Topliss-reactive ketones (excluding diaryl/α,β-unsaturated/α-hetero) is 1. The van der Waals surface area contributed by atoms with E-state index in [4.69, 9.17) is 9.84 Å². The van der Waals surface area contributed by atoms with E-state index in [1.54, 1.807) is 18.2 Å². The molecule has 17 heavy (non-hydrogen) atoms. The number of benzene rings is 1. The normalized spacial score (nSPS) is 18.2. The fourth-order valence-corrected chi connectivity index (χ4v) is 2.04. The SMILES string of the molecule is COc1cccc2c1C(=O)CC(CC(=O)O)N2. The molecule has 1 aliphatic heterocycles. The fraction of sp³-hybridized carbons (Fsp3) is 0.333. The molecule has 1 atom stereocenters. The van der Waals surface area contributed by atoms with Gasteiger partial charge in [0.15, 0.2) is 5.78 Å². The van der Waals surface area contributed by atoms with Crippen molar-refractivity contribution in [2.75, 3.05) is 12.4 Å². The number of ether oxygens (including phenoxy) is 1. The third kappa shape index (κ3) is 2.22. The number of fused-ring (bicyclic) bond motifs is 1. The lowest BCUT2D eigenvalue weighted by molar-refractivity contribution is -0.137. The van der Waals surface area contributed by atoms with Gasteiger partial charge in [-0.15, -0.1) is 0 Å². The van der Waals surface area contributed by atoms with E-state index in [2.05, 4.69) is 5.32 Å². The largest absolute Gasteiger partial charge is 0.496 e. The first-order valence-electron chi connectivity index (χ1n) is 5.30. The summed E-state index contributed by atoms with van der Waals surface area (Å²) < 4.78 is 5.12. The lowest BCUT2D eigenvalue weighted by Crippen LogP contribution is -2.31. The molecule has 0 saturated heterocycles. The zero-order chi connectivity index (χ0) is 12.4. The van der Waals surface area contributed by atoms with Gasteiger partial charge in [0.1, 0.15) is 5.75 Å². The van der Waals surface area contributed by atoms with E-state index in [-0.39, 0.29) is 24.7 Å². The average molecular weight is 235 g/mol. The third-order valence-electron chi connectivity index (χ3n) is 2.74. The van der Waals surface area contributed by atoms with Crippen molar-refractivity contribution in [2.45, 2.75) is 18.9 Å². The average Bonchev–Trinajstić information content (AvgIpc) is 2.27. The smallest absolute Gasteiger partial charge is 0.305 e. The molecule has 1 aromatic rings. The van der Waals surface area contributed by atoms with Crippen molar-refractivity contribution in [2.24, 2.45) is 0 Å². The van der Waals surface area contributed by atoms with E-state index in [9.17, 15) is 9.59 Å². The van der Waals surface area contributed by atoms with E-state index >= 15 is 0 Å². The number of aliphatic carboxylic acids is 1. The Balaban J connectivity index is 2.32. The van der Waals surface area contributed by atoms with E-state index < -0.39 is 5.97 Å². The van der Waals surface area contributed by atoms with Crippen molar-refractivity contribution >= 4 is 17.4 Å².